The predicted molar refractivity (Wildman–Crippen MR) is 188 cm³/mol. The Hall–Kier alpha value is -5.20. The summed E-state index contributed by atoms with van der Waals surface area (Å²) in [4.78, 5) is 29.6. The molecular weight excluding hydrogens is 580 g/mol. The molecule has 2 aliphatic heterocycles. The van der Waals surface area contributed by atoms with Gasteiger partial charge < -0.3 is 9.13 Å². The molecule has 2 aromatic heterocycles. The second-order valence-electron chi connectivity index (χ2n) is 13.0. The number of benzene rings is 4. The second kappa shape index (κ2) is 12.5. The van der Waals surface area contributed by atoms with Crippen LogP contribution in [0.1, 0.15) is 41.5 Å². The van der Waals surface area contributed by atoms with Crippen LogP contribution in [0.2, 0.25) is 0 Å². The number of hydrogen-bond donors (Lipinski definition) is 1. The van der Waals surface area contributed by atoms with Crippen molar-refractivity contribution < 1.29 is 9.59 Å². The molecule has 0 saturated carbocycles. The molecule has 1 N–H and O–H groups in total. The molecule has 0 radical (unpaired) electrons. The molecule has 0 saturated heterocycles. The molecule has 234 valence electrons. The van der Waals surface area contributed by atoms with Gasteiger partial charge in [0.2, 0.25) is 0 Å². The number of aryl methyl sites for hydroxylation is 2. The number of carbonyl (C=O) groups is 2. The van der Waals surface area contributed by atoms with Crippen molar-refractivity contribution in [1.29, 1.82) is 0 Å². The maximum absolute atomic E-state index is 13.5. The molecule has 6 heteroatoms. The van der Waals surface area contributed by atoms with E-state index in [1.54, 1.807) is 0 Å². The largest absolute Gasteiger partial charge is 0.347 e. The quantitative estimate of drug-likeness (QED) is 0.195. The highest BCUT2D eigenvalue weighted by Crippen LogP contribution is 2.39. The molecule has 8 rings (SSSR count). The van der Waals surface area contributed by atoms with E-state index < -0.39 is 0 Å². The third kappa shape index (κ3) is 5.70. The summed E-state index contributed by atoms with van der Waals surface area (Å²) < 4.78 is 4.58. The maximum Gasteiger partial charge on any atom is 0.259 e. The standard InChI is InChI=1S/C41H38N4O2/c46-40-38-34-27-44(36-19-9-7-17-32(34)36)22-11-16-31(26-43(24-29-12-3-1-4-13-29)25-30-14-5-2-6-15-30)21-23-45-28-35(39(38)41(47)42-40)33-18-8-10-20-37(33)45/h1-10,12-15,17-20,27-28,31H,11,16,21-26H2,(H,42,46,47). The fraction of sp³-hybridized carbons (Fsp3) is 0.220. The van der Waals surface area contributed by atoms with Gasteiger partial charge in [-0.05, 0) is 48.4 Å². The van der Waals surface area contributed by atoms with Crippen LogP contribution in [0, 0.1) is 5.92 Å². The zero-order valence-electron chi connectivity index (χ0n) is 26.4. The van der Waals surface area contributed by atoms with Crippen molar-refractivity contribution in [2.75, 3.05) is 6.54 Å². The van der Waals surface area contributed by atoms with Gasteiger partial charge in [0, 0.05) is 78.1 Å². The van der Waals surface area contributed by atoms with Crippen molar-refractivity contribution >= 4 is 44.8 Å². The molecule has 6 nitrogen and oxygen atoms in total. The summed E-state index contributed by atoms with van der Waals surface area (Å²) in [7, 11) is 0. The minimum Gasteiger partial charge on any atom is -0.347 e. The van der Waals surface area contributed by atoms with Gasteiger partial charge in [-0.2, -0.15) is 0 Å². The summed E-state index contributed by atoms with van der Waals surface area (Å²) in [6.07, 6.45) is 7.30. The Morgan fingerprint density at radius 1 is 0.596 bits per heavy atom. The molecule has 2 amide bonds. The Morgan fingerprint density at radius 3 is 1.64 bits per heavy atom. The molecule has 4 aromatic carbocycles. The number of rotatable bonds is 6. The average molecular weight is 619 g/mol. The first-order valence-corrected chi connectivity index (χ1v) is 16.7. The molecule has 2 aliphatic rings. The Kier molecular flexibility index (Phi) is 7.79. The van der Waals surface area contributed by atoms with E-state index in [4.69, 9.17) is 0 Å². The number of carbonyl (C=O) groups excluding carboxylic acids is 2. The minimum atomic E-state index is -0.327. The molecular formula is C41H38N4O2. The van der Waals surface area contributed by atoms with E-state index in [1.165, 1.54) is 11.1 Å². The molecule has 0 spiro atoms. The van der Waals surface area contributed by atoms with E-state index in [2.05, 4.69) is 123 Å². The number of aromatic nitrogens is 2. The number of amides is 2. The zero-order valence-corrected chi connectivity index (χ0v) is 26.4. The normalized spacial score (nSPS) is 16.9. The molecule has 1 atom stereocenters. The maximum atomic E-state index is 13.5. The summed E-state index contributed by atoms with van der Waals surface area (Å²) in [6.45, 7) is 4.46. The Morgan fingerprint density at radius 2 is 1.09 bits per heavy atom. The van der Waals surface area contributed by atoms with Gasteiger partial charge in [-0.1, -0.05) is 97.1 Å². The minimum absolute atomic E-state index is 0.325. The molecule has 0 aliphatic carbocycles. The number of nitrogens with one attached hydrogen (secondary N) is 1. The van der Waals surface area contributed by atoms with Crippen molar-refractivity contribution in [3.05, 3.63) is 144 Å². The lowest BCUT2D eigenvalue weighted by molar-refractivity contribution is -0.122. The summed E-state index contributed by atoms with van der Waals surface area (Å²) >= 11 is 0. The first-order chi connectivity index (χ1) is 23.1. The van der Waals surface area contributed by atoms with Crippen molar-refractivity contribution in [2.45, 2.75) is 45.4 Å². The van der Waals surface area contributed by atoms with Crippen molar-refractivity contribution in [2.24, 2.45) is 5.92 Å². The molecule has 4 bridgehead atoms. The monoisotopic (exact) mass is 618 g/mol. The van der Waals surface area contributed by atoms with Crippen molar-refractivity contribution in [1.82, 2.24) is 19.4 Å². The molecule has 0 fully saturated rings. The van der Waals surface area contributed by atoms with Crippen LogP contribution in [-0.4, -0.2) is 32.4 Å². The molecule has 47 heavy (non-hydrogen) atoms. The lowest BCUT2D eigenvalue weighted by Gasteiger charge is -2.28. The number of nitrogens with zero attached hydrogens (tertiary/aromatic N) is 3. The highest BCUT2D eigenvalue weighted by molar-refractivity contribution is 6.50. The first-order valence-electron chi connectivity index (χ1n) is 16.7. The fourth-order valence-corrected chi connectivity index (χ4v) is 7.66. The number of para-hydroxylation sites is 2. The molecule has 6 aromatic rings. The van der Waals surface area contributed by atoms with E-state index in [9.17, 15) is 9.59 Å². The SMILES string of the molecule is O=C1NC(=O)C2=C1c1cn(c3ccccc13)CCCC(CN(Cc1ccccc1)Cc1ccccc1)CCn1cc2c2ccccc21. The molecule has 1 unspecified atom stereocenters. The van der Waals surface area contributed by atoms with Gasteiger partial charge >= 0.3 is 0 Å². The summed E-state index contributed by atoms with van der Waals surface area (Å²) in [5, 5.41) is 4.62. The Labute approximate surface area is 274 Å². The highest BCUT2D eigenvalue weighted by Gasteiger charge is 2.35. The average Bonchev–Trinajstić information content (AvgIpc) is 3.74. The fourth-order valence-electron chi connectivity index (χ4n) is 7.66. The summed E-state index contributed by atoms with van der Waals surface area (Å²) in [6, 6.07) is 38.1. The summed E-state index contributed by atoms with van der Waals surface area (Å²) in [5.74, 6) is -0.191. The van der Waals surface area contributed by atoms with Crippen LogP contribution in [0.25, 0.3) is 33.0 Å². The first kappa shape index (κ1) is 29.2. The van der Waals surface area contributed by atoms with E-state index >= 15 is 0 Å². The van der Waals surface area contributed by atoms with Crippen LogP contribution in [0.3, 0.4) is 0 Å². The van der Waals surface area contributed by atoms with Gasteiger partial charge in [-0.15, -0.1) is 0 Å². The van der Waals surface area contributed by atoms with Crippen LogP contribution < -0.4 is 5.32 Å². The molecule has 4 heterocycles. The number of hydrogen-bond acceptors (Lipinski definition) is 3. The zero-order chi connectivity index (χ0) is 31.7. The van der Waals surface area contributed by atoms with Crippen molar-refractivity contribution in [3.8, 4) is 0 Å². The topological polar surface area (TPSA) is 59.3 Å². The third-order valence-corrected chi connectivity index (χ3v) is 9.85. The van der Waals surface area contributed by atoms with Gasteiger partial charge in [0.25, 0.3) is 11.8 Å². The number of fused-ring (bicyclic) bond motifs is 12. The van der Waals surface area contributed by atoms with Crippen LogP contribution in [0.5, 0.6) is 0 Å². The van der Waals surface area contributed by atoms with Crippen molar-refractivity contribution in [3.63, 3.8) is 0 Å². The van der Waals surface area contributed by atoms with Crippen LogP contribution >= 0.6 is 0 Å². The smallest absolute Gasteiger partial charge is 0.259 e. The number of imide groups is 1. The van der Waals surface area contributed by atoms with Gasteiger partial charge in [0.15, 0.2) is 0 Å². The van der Waals surface area contributed by atoms with Crippen LogP contribution in [0.15, 0.2) is 122 Å². The second-order valence-corrected chi connectivity index (χ2v) is 13.0. The van der Waals surface area contributed by atoms with Gasteiger partial charge in [-0.25, -0.2) is 0 Å². The lowest BCUT2D eigenvalue weighted by atomic mass is 9.95. The Bertz CT molecular complexity index is 2080. The van der Waals surface area contributed by atoms with Gasteiger partial charge in [-0.3, -0.25) is 19.8 Å². The predicted octanol–water partition coefficient (Wildman–Crippen LogP) is 7.67. The van der Waals surface area contributed by atoms with E-state index in [1.807, 2.05) is 18.2 Å². The van der Waals surface area contributed by atoms with E-state index in [0.717, 1.165) is 84.9 Å². The van der Waals surface area contributed by atoms with Gasteiger partial charge in [0.05, 0.1) is 11.1 Å². The van der Waals surface area contributed by atoms with E-state index in [-0.39, 0.29) is 11.8 Å². The van der Waals surface area contributed by atoms with Crippen LogP contribution in [0.4, 0.5) is 0 Å². The summed E-state index contributed by atoms with van der Waals surface area (Å²) in [5.41, 5.74) is 7.41. The Balaban J connectivity index is 1.21. The highest BCUT2D eigenvalue weighted by atomic mass is 16.2. The third-order valence-electron chi connectivity index (χ3n) is 9.85. The van der Waals surface area contributed by atoms with Gasteiger partial charge in [0.1, 0.15) is 0 Å². The van der Waals surface area contributed by atoms with E-state index in [0.29, 0.717) is 17.1 Å². The van der Waals surface area contributed by atoms with Crippen LogP contribution in [-0.2, 0) is 35.8 Å². The lowest BCUT2D eigenvalue weighted by Crippen LogP contribution is -2.30.